The van der Waals surface area contributed by atoms with E-state index in [-0.39, 0.29) is 0 Å². The minimum atomic E-state index is 0.597. The molecule has 0 aliphatic carbocycles. The lowest BCUT2D eigenvalue weighted by Crippen LogP contribution is -2.16. The number of rotatable bonds is 1. The van der Waals surface area contributed by atoms with Crippen LogP contribution in [0.25, 0.3) is 11.3 Å². The van der Waals surface area contributed by atoms with E-state index in [4.69, 9.17) is 4.74 Å². The highest BCUT2D eigenvalue weighted by Crippen LogP contribution is 2.26. The molecule has 0 fully saturated rings. The predicted molar refractivity (Wildman–Crippen MR) is 62.3 cm³/mol. The smallest absolute Gasteiger partial charge is 0.212 e. The average molecular weight is 212 g/mol. The van der Waals surface area contributed by atoms with Crippen LogP contribution in [0.2, 0.25) is 0 Å². The van der Waals surface area contributed by atoms with Gasteiger partial charge >= 0.3 is 0 Å². The molecule has 0 atom stereocenters. The molecule has 0 spiro atoms. The number of aromatic nitrogens is 2. The summed E-state index contributed by atoms with van der Waals surface area (Å²) in [4.78, 5) is 0. The summed E-state index contributed by atoms with van der Waals surface area (Å²) in [6.45, 7) is 5.26. The Labute approximate surface area is 94.0 Å². The van der Waals surface area contributed by atoms with Crippen molar-refractivity contribution in [1.29, 1.82) is 0 Å². The van der Waals surface area contributed by atoms with Gasteiger partial charge in [-0.15, -0.1) is 0 Å². The number of benzene rings is 1. The number of fused-ring (bicyclic) bond motifs is 1. The van der Waals surface area contributed by atoms with Crippen molar-refractivity contribution >= 4 is 0 Å². The lowest BCUT2D eigenvalue weighted by Gasteiger charge is -2.16. The Bertz CT molecular complexity index is 528. The maximum absolute atomic E-state index is 5.54. The van der Waals surface area contributed by atoms with E-state index in [1.807, 2.05) is 41.1 Å². The van der Waals surface area contributed by atoms with E-state index in [9.17, 15) is 0 Å². The molecule has 0 unspecified atom stereocenters. The van der Waals surface area contributed by atoms with Crippen molar-refractivity contribution in [3.05, 3.63) is 48.6 Å². The van der Waals surface area contributed by atoms with Gasteiger partial charge in [-0.25, -0.2) is 4.68 Å². The molecule has 1 aliphatic heterocycles. The molecule has 3 nitrogen and oxygen atoms in total. The van der Waals surface area contributed by atoms with E-state index in [1.54, 1.807) is 0 Å². The molecule has 3 heteroatoms. The highest BCUT2D eigenvalue weighted by Gasteiger charge is 2.15. The van der Waals surface area contributed by atoms with Gasteiger partial charge in [0.25, 0.3) is 0 Å². The van der Waals surface area contributed by atoms with Crippen molar-refractivity contribution in [2.45, 2.75) is 6.54 Å². The average Bonchev–Trinajstić information content (AvgIpc) is 2.73. The third-order valence-corrected chi connectivity index (χ3v) is 2.61. The second-order valence-electron chi connectivity index (χ2n) is 3.93. The Morgan fingerprint density at radius 1 is 1.25 bits per heavy atom. The van der Waals surface area contributed by atoms with Crippen LogP contribution in [0.15, 0.2) is 48.6 Å². The third-order valence-electron chi connectivity index (χ3n) is 2.61. The lowest BCUT2D eigenvalue weighted by atomic mass is 10.2. The van der Waals surface area contributed by atoms with E-state index in [0.717, 1.165) is 29.3 Å². The lowest BCUT2D eigenvalue weighted by molar-refractivity contribution is 0.279. The normalized spacial score (nSPS) is 14.4. The second-order valence-corrected chi connectivity index (χ2v) is 3.93. The van der Waals surface area contributed by atoms with Crippen molar-refractivity contribution in [2.75, 3.05) is 6.61 Å². The number of hydrogen-bond donors (Lipinski definition) is 0. The van der Waals surface area contributed by atoms with Gasteiger partial charge in [0, 0.05) is 11.6 Å². The maximum Gasteiger partial charge on any atom is 0.212 e. The summed E-state index contributed by atoms with van der Waals surface area (Å²) >= 11 is 0. The highest BCUT2D eigenvalue weighted by molar-refractivity contribution is 5.60. The summed E-state index contributed by atoms with van der Waals surface area (Å²) in [5.74, 6) is 0.825. The fraction of sp³-hybridized carbons (Fsp3) is 0.154. The molecule has 1 aliphatic rings. The predicted octanol–water partition coefficient (Wildman–Crippen LogP) is 2.50. The van der Waals surface area contributed by atoms with Gasteiger partial charge in [0.15, 0.2) is 0 Å². The van der Waals surface area contributed by atoms with E-state index >= 15 is 0 Å². The zero-order valence-electron chi connectivity index (χ0n) is 8.89. The van der Waals surface area contributed by atoms with Gasteiger partial charge in [0.1, 0.15) is 6.61 Å². The van der Waals surface area contributed by atoms with Crippen molar-refractivity contribution < 1.29 is 4.74 Å². The first kappa shape index (κ1) is 9.21. The first-order valence-electron chi connectivity index (χ1n) is 5.25. The van der Waals surface area contributed by atoms with Crippen molar-refractivity contribution in [2.24, 2.45) is 0 Å². The molecule has 0 bridgehead atoms. The van der Waals surface area contributed by atoms with E-state index in [0.29, 0.717) is 6.61 Å². The van der Waals surface area contributed by atoms with Gasteiger partial charge in [-0.3, -0.25) is 0 Å². The molecule has 0 N–H and O–H groups in total. The molecular formula is C13H12N2O. The standard InChI is InChI=1S/C13H12N2O/c1-10-8-15-13(16-9-10)7-12(14-15)11-5-3-2-4-6-11/h2-7H,1,8-9H2. The highest BCUT2D eigenvalue weighted by atomic mass is 16.5. The molecule has 80 valence electrons. The molecule has 1 aromatic carbocycles. The first-order valence-corrected chi connectivity index (χ1v) is 5.25. The van der Waals surface area contributed by atoms with Crippen LogP contribution in [0.1, 0.15) is 0 Å². The molecule has 0 amide bonds. The molecule has 0 saturated carbocycles. The molecule has 2 heterocycles. The van der Waals surface area contributed by atoms with Crippen LogP contribution in [0.4, 0.5) is 0 Å². The molecule has 16 heavy (non-hydrogen) atoms. The van der Waals surface area contributed by atoms with Crippen molar-refractivity contribution in [1.82, 2.24) is 9.78 Å². The zero-order valence-corrected chi connectivity index (χ0v) is 8.89. The van der Waals surface area contributed by atoms with E-state index in [1.165, 1.54) is 0 Å². The molecule has 0 radical (unpaired) electrons. The van der Waals surface area contributed by atoms with Crippen LogP contribution in [0, 0.1) is 0 Å². The van der Waals surface area contributed by atoms with Crippen molar-refractivity contribution in [3.8, 4) is 17.1 Å². The quantitative estimate of drug-likeness (QED) is 0.679. The summed E-state index contributed by atoms with van der Waals surface area (Å²) in [6, 6.07) is 12.1. The second kappa shape index (κ2) is 3.52. The van der Waals surface area contributed by atoms with Gasteiger partial charge in [-0.2, -0.15) is 5.10 Å². The monoisotopic (exact) mass is 212 g/mol. The van der Waals surface area contributed by atoms with Gasteiger partial charge in [0.2, 0.25) is 5.88 Å². The minimum Gasteiger partial charge on any atom is -0.473 e. The molecule has 3 rings (SSSR count). The summed E-state index contributed by atoms with van der Waals surface area (Å²) in [7, 11) is 0. The number of nitrogens with zero attached hydrogens (tertiary/aromatic N) is 2. The molecule has 0 saturated heterocycles. The Morgan fingerprint density at radius 3 is 2.88 bits per heavy atom. The fourth-order valence-electron chi connectivity index (χ4n) is 1.81. The van der Waals surface area contributed by atoms with Crippen LogP contribution in [-0.2, 0) is 6.54 Å². The topological polar surface area (TPSA) is 27.1 Å². The van der Waals surface area contributed by atoms with Crippen LogP contribution < -0.4 is 4.74 Å². The summed E-state index contributed by atoms with van der Waals surface area (Å²) in [5.41, 5.74) is 3.11. The Balaban J connectivity index is 2.02. The van der Waals surface area contributed by atoms with Crippen LogP contribution in [-0.4, -0.2) is 16.4 Å². The first-order chi connectivity index (χ1) is 7.83. The number of hydrogen-bond acceptors (Lipinski definition) is 2. The number of ether oxygens (including phenoxy) is 1. The van der Waals surface area contributed by atoms with Gasteiger partial charge in [0.05, 0.1) is 12.2 Å². The van der Waals surface area contributed by atoms with Crippen LogP contribution in [0.5, 0.6) is 5.88 Å². The van der Waals surface area contributed by atoms with Gasteiger partial charge < -0.3 is 4.74 Å². The summed E-state index contributed by atoms with van der Waals surface area (Å²) in [5, 5.41) is 4.50. The minimum absolute atomic E-state index is 0.597. The SMILES string of the molecule is C=C1COc2cc(-c3ccccc3)nn2C1. The Kier molecular flexibility index (Phi) is 2.03. The maximum atomic E-state index is 5.54. The van der Waals surface area contributed by atoms with Crippen molar-refractivity contribution in [3.63, 3.8) is 0 Å². The van der Waals surface area contributed by atoms with E-state index in [2.05, 4.69) is 11.7 Å². The fourth-order valence-corrected chi connectivity index (χ4v) is 1.81. The molecular weight excluding hydrogens is 200 g/mol. The largest absolute Gasteiger partial charge is 0.473 e. The van der Waals surface area contributed by atoms with Gasteiger partial charge in [-0.05, 0) is 5.57 Å². The van der Waals surface area contributed by atoms with Crippen LogP contribution >= 0.6 is 0 Å². The summed E-state index contributed by atoms with van der Waals surface area (Å²) < 4.78 is 7.39. The zero-order chi connectivity index (χ0) is 11.0. The third kappa shape index (κ3) is 1.50. The summed E-state index contributed by atoms with van der Waals surface area (Å²) in [6.07, 6.45) is 0. The molecule has 2 aromatic rings. The van der Waals surface area contributed by atoms with Gasteiger partial charge in [-0.1, -0.05) is 36.9 Å². The Hall–Kier alpha value is -2.03. The Morgan fingerprint density at radius 2 is 2.06 bits per heavy atom. The molecule has 1 aromatic heterocycles. The van der Waals surface area contributed by atoms with Crippen LogP contribution in [0.3, 0.4) is 0 Å². The van der Waals surface area contributed by atoms with E-state index < -0.39 is 0 Å².